The van der Waals surface area contributed by atoms with E-state index in [-0.39, 0.29) is 30.8 Å². The lowest BCUT2D eigenvalue weighted by Gasteiger charge is -2.42. The van der Waals surface area contributed by atoms with Gasteiger partial charge in [-0.2, -0.15) is 0 Å². The fourth-order valence-electron chi connectivity index (χ4n) is 4.08. The van der Waals surface area contributed by atoms with Crippen LogP contribution in [0.1, 0.15) is 25.7 Å². The molecule has 9 heteroatoms. The van der Waals surface area contributed by atoms with E-state index in [0.29, 0.717) is 39.0 Å². The van der Waals surface area contributed by atoms with Gasteiger partial charge in [0.15, 0.2) is 0 Å². The zero-order chi connectivity index (χ0) is 17.8. The van der Waals surface area contributed by atoms with Crippen LogP contribution in [0.5, 0.6) is 0 Å². The number of nitrogens with zero attached hydrogens (tertiary/aromatic N) is 3. The van der Waals surface area contributed by atoms with Gasteiger partial charge in [0.25, 0.3) is 0 Å². The number of primary amides is 1. The topological polar surface area (TPSA) is 116 Å². The van der Waals surface area contributed by atoms with Crippen molar-refractivity contribution in [3.05, 3.63) is 0 Å². The highest BCUT2D eigenvalue weighted by molar-refractivity contribution is 5.98. The zero-order valence-corrected chi connectivity index (χ0v) is 14.1. The lowest BCUT2D eigenvalue weighted by atomic mass is 10.1. The van der Waals surface area contributed by atoms with Gasteiger partial charge >= 0.3 is 0 Å². The van der Waals surface area contributed by atoms with Crippen LogP contribution in [0, 0.1) is 0 Å². The molecule has 2 spiro atoms. The summed E-state index contributed by atoms with van der Waals surface area (Å²) >= 11 is 0. The van der Waals surface area contributed by atoms with Crippen molar-refractivity contribution in [2.75, 3.05) is 39.3 Å². The molecule has 0 bridgehead atoms. The van der Waals surface area contributed by atoms with Gasteiger partial charge in [0.2, 0.25) is 23.6 Å². The van der Waals surface area contributed by atoms with Crippen LogP contribution in [0.15, 0.2) is 0 Å². The Balaban J connectivity index is 1.43. The summed E-state index contributed by atoms with van der Waals surface area (Å²) in [7, 11) is 0. The number of carbonyl (C=O) groups is 4. The van der Waals surface area contributed by atoms with Gasteiger partial charge < -0.3 is 25.8 Å². The zero-order valence-electron chi connectivity index (χ0n) is 14.1. The van der Waals surface area contributed by atoms with E-state index in [1.54, 1.807) is 9.80 Å². The van der Waals surface area contributed by atoms with E-state index >= 15 is 0 Å². The van der Waals surface area contributed by atoms with Crippen molar-refractivity contribution in [1.82, 2.24) is 20.0 Å². The Labute approximate surface area is 145 Å². The first-order valence-corrected chi connectivity index (χ1v) is 8.81. The summed E-state index contributed by atoms with van der Waals surface area (Å²) in [5.74, 6) is -0.937. The van der Waals surface area contributed by atoms with Crippen LogP contribution in [0.4, 0.5) is 0 Å². The molecule has 2 aliphatic heterocycles. The molecule has 4 fully saturated rings. The summed E-state index contributed by atoms with van der Waals surface area (Å²) in [6.07, 6.45) is 2.86. The molecule has 2 saturated heterocycles. The minimum absolute atomic E-state index is 0.00404. The fraction of sp³-hybridized carbons (Fsp3) is 0.750. The van der Waals surface area contributed by atoms with E-state index in [0.717, 1.165) is 12.8 Å². The van der Waals surface area contributed by atoms with Gasteiger partial charge in [0.05, 0.1) is 18.6 Å². The van der Waals surface area contributed by atoms with Crippen molar-refractivity contribution in [2.45, 2.75) is 36.8 Å². The van der Waals surface area contributed by atoms with Crippen molar-refractivity contribution >= 4 is 23.6 Å². The summed E-state index contributed by atoms with van der Waals surface area (Å²) in [4.78, 5) is 53.8. The molecule has 0 radical (unpaired) electrons. The Morgan fingerprint density at radius 1 is 0.960 bits per heavy atom. The van der Waals surface area contributed by atoms with Crippen LogP contribution in [-0.2, 0) is 19.2 Å². The molecule has 0 unspecified atom stereocenters. The molecule has 2 heterocycles. The molecule has 0 atom stereocenters. The number of piperazine rings is 2. The molecule has 2 saturated carbocycles. The van der Waals surface area contributed by atoms with Crippen molar-refractivity contribution in [3.8, 4) is 0 Å². The SMILES string of the molecule is NC(=O)CN1CCN(C(=O)CN2CCNC3(CC3)C2=O)C2(CC2)C1=O. The van der Waals surface area contributed by atoms with E-state index in [1.807, 2.05) is 0 Å². The van der Waals surface area contributed by atoms with Gasteiger partial charge in [-0.25, -0.2) is 0 Å². The molecule has 2 aliphatic carbocycles. The van der Waals surface area contributed by atoms with Crippen molar-refractivity contribution in [1.29, 1.82) is 0 Å². The number of hydrogen-bond acceptors (Lipinski definition) is 5. The number of rotatable bonds is 4. The standard InChI is InChI=1S/C16H23N5O4/c17-11(22)9-20-7-8-21(16(3-4-16)14(20)25)12(23)10-19-6-5-18-15(1-2-15)13(19)24/h18H,1-10H2,(H2,17,22). The highest BCUT2D eigenvalue weighted by atomic mass is 16.2. The van der Waals surface area contributed by atoms with E-state index < -0.39 is 17.0 Å². The van der Waals surface area contributed by atoms with Crippen molar-refractivity contribution < 1.29 is 19.2 Å². The summed E-state index contributed by atoms with van der Waals surface area (Å²) in [5.41, 5.74) is 3.94. The second kappa shape index (κ2) is 5.42. The first-order valence-electron chi connectivity index (χ1n) is 8.81. The van der Waals surface area contributed by atoms with Crippen LogP contribution in [0.3, 0.4) is 0 Å². The highest BCUT2D eigenvalue weighted by Gasteiger charge is 2.60. The third kappa shape index (κ3) is 2.57. The third-order valence-electron chi connectivity index (χ3n) is 5.78. The number of nitrogens with one attached hydrogen (secondary N) is 1. The van der Waals surface area contributed by atoms with Gasteiger partial charge in [-0.15, -0.1) is 0 Å². The molecule has 136 valence electrons. The largest absolute Gasteiger partial charge is 0.368 e. The fourth-order valence-corrected chi connectivity index (χ4v) is 4.08. The molecule has 3 N–H and O–H groups in total. The van der Waals surface area contributed by atoms with Gasteiger partial charge in [-0.3, -0.25) is 19.2 Å². The molecule has 4 amide bonds. The van der Waals surface area contributed by atoms with E-state index in [2.05, 4.69) is 5.32 Å². The van der Waals surface area contributed by atoms with Crippen LogP contribution in [0.2, 0.25) is 0 Å². The third-order valence-corrected chi connectivity index (χ3v) is 5.78. The van der Waals surface area contributed by atoms with E-state index in [4.69, 9.17) is 5.73 Å². The summed E-state index contributed by atoms with van der Waals surface area (Å²) in [5, 5.41) is 3.24. The van der Waals surface area contributed by atoms with E-state index in [9.17, 15) is 19.2 Å². The number of carbonyl (C=O) groups excluding carboxylic acids is 4. The molecule has 25 heavy (non-hydrogen) atoms. The monoisotopic (exact) mass is 349 g/mol. The quantitative estimate of drug-likeness (QED) is 0.589. The van der Waals surface area contributed by atoms with Crippen molar-refractivity contribution in [2.24, 2.45) is 5.73 Å². The lowest BCUT2D eigenvalue weighted by Crippen LogP contribution is -2.64. The molecular formula is C16H23N5O4. The average Bonchev–Trinajstić information content (AvgIpc) is 3.46. The molecule has 0 aromatic carbocycles. The Kier molecular flexibility index (Phi) is 3.54. The number of hydrogen-bond donors (Lipinski definition) is 2. The van der Waals surface area contributed by atoms with Gasteiger partial charge in [-0.05, 0) is 25.7 Å². The number of amides is 4. The van der Waals surface area contributed by atoms with Crippen molar-refractivity contribution in [3.63, 3.8) is 0 Å². The first-order chi connectivity index (χ1) is 11.9. The summed E-state index contributed by atoms with van der Waals surface area (Å²) in [6, 6.07) is 0. The summed E-state index contributed by atoms with van der Waals surface area (Å²) < 4.78 is 0. The first kappa shape index (κ1) is 16.3. The minimum atomic E-state index is -0.820. The Bertz CT molecular complexity index is 655. The maximum Gasteiger partial charge on any atom is 0.249 e. The molecular weight excluding hydrogens is 326 g/mol. The molecule has 4 rings (SSSR count). The highest BCUT2D eigenvalue weighted by Crippen LogP contribution is 2.45. The Morgan fingerprint density at radius 3 is 2.24 bits per heavy atom. The molecule has 4 aliphatic rings. The predicted octanol–water partition coefficient (Wildman–Crippen LogP) is -2.36. The smallest absolute Gasteiger partial charge is 0.249 e. The minimum Gasteiger partial charge on any atom is -0.368 e. The second-order valence-electron chi connectivity index (χ2n) is 7.51. The van der Waals surface area contributed by atoms with Crippen LogP contribution in [-0.4, -0.2) is 88.7 Å². The maximum absolute atomic E-state index is 12.8. The van der Waals surface area contributed by atoms with Crippen LogP contribution >= 0.6 is 0 Å². The van der Waals surface area contributed by atoms with Crippen LogP contribution < -0.4 is 11.1 Å². The second-order valence-corrected chi connectivity index (χ2v) is 7.51. The predicted molar refractivity (Wildman–Crippen MR) is 86.0 cm³/mol. The molecule has 9 nitrogen and oxygen atoms in total. The Morgan fingerprint density at radius 2 is 1.64 bits per heavy atom. The molecule has 0 aromatic rings. The van der Waals surface area contributed by atoms with Gasteiger partial charge in [0.1, 0.15) is 5.54 Å². The number of nitrogens with two attached hydrogens (primary N) is 1. The summed E-state index contributed by atoms with van der Waals surface area (Å²) in [6.45, 7) is 1.79. The Hall–Kier alpha value is -2.16. The van der Waals surface area contributed by atoms with Gasteiger partial charge in [-0.1, -0.05) is 0 Å². The van der Waals surface area contributed by atoms with E-state index in [1.165, 1.54) is 4.90 Å². The van der Waals surface area contributed by atoms with Gasteiger partial charge in [0, 0.05) is 26.2 Å². The average molecular weight is 349 g/mol. The normalized spacial score (nSPS) is 26.3. The maximum atomic E-state index is 12.8. The van der Waals surface area contributed by atoms with Crippen LogP contribution in [0.25, 0.3) is 0 Å². The lowest BCUT2D eigenvalue weighted by molar-refractivity contribution is -0.156. The molecule has 0 aromatic heterocycles.